The van der Waals surface area contributed by atoms with Gasteiger partial charge in [0.05, 0.1) is 0 Å². The number of phenols is 3. The van der Waals surface area contributed by atoms with Gasteiger partial charge in [0.15, 0.2) is 0 Å². The van der Waals surface area contributed by atoms with E-state index in [-0.39, 0.29) is 17.2 Å². The van der Waals surface area contributed by atoms with Gasteiger partial charge in [-0.15, -0.1) is 0 Å². The zero-order chi connectivity index (χ0) is 18.8. The van der Waals surface area contributed by atoms with Crippen molar-refractivity contribution < 1.29 is 15.3 Å². The molecule has 0 bridgehead atoms. The number of benzene rings is 4. The van der Waals surface area contributed by atoms with E-state index in [9.17, 15) is 15.3 Å². The third-order valence-electron chi connectivity index (χ3n) is 4.52. The van der Waals surface area contributed by atoms with Crippen LogP contribution in [0.25, 0.3) is 33.4 Å². The largest absolute Gasteiger partial charge is 0.508 e. The summed E-state index contributed by atoms with van der Waals surface area (Å²) in [5.41, 5.74) is 5.69. The van der Waals surface area contributed by atoms with E-state index in [0.717, 1.165) is 33.4 Å². The van der Waals surface area contributed by atoms with E-state index >= 15 is 0 Å². The number of aromatic hydroxyl groups is 3. The van der Waals surface area contributed by atoms with Gasteiger partial charge in [-0.2, -0.15) is 0 Å². The summed E-state index contributed by atoms with van der Waals surface area (Å²) in [4.78, 5) is 0. The molecule has 0 unspecified atom stereocenters. The first-order chi connectivity index (χ1) is 13.1. The smallest absolute Gasteiger partial charge is 0.119 e. The molecule has 3 N–H and O–H groups in total. The van der Waals surface area contributed by atoms with Crippen LogP contribution in [-0.4, -0.2) is 15.3 Å². The van der Waals surface area contributed by atoms with E-state index in [1.165, 1.54) is 6.07 Å². The van der Waals surface area contributed by atoms with Crippen molar-refractivity contribution >= 4 is 0 Å². The molecule has 132 valence electrons. The average molecular weight is 354 g/mol. The predicted octanol–water partition coefficient (Wildman–Crippen LogP) is 5.80. The molecule has 27 heavy (non-hydrogen) atoms. The molecule has 0 atom stereocenters. The van der Waals surface area contributed by atoms with Crippen LogP contribution in [0.1, 0.15) is 0 Å². The minimum Gasteiger partial charge on any atom is -0.508 e. The highest BCUT2D eigenvalue weighted by Crippen LogP contribution is 2.38. The van der Waals surface area contributed by atoms with Gasteiger partial charge in [0.1, 0.15) is 17.2 Å². The van der Waals surface area contributed by atoms with Crippen molar-refractivity contribution in [3.8, 4) is 50.6 Å². The third-order valence-corrected chi connectivity index (χ3v) is 4.52. The van der Waals surface area contributed by atoms with Gasteiger partial charge in [0.25, 0.3) is 0 Å². The molecule has 0 aliphatic heterocycles. The van der Waals surface area contributed by atoms with Gasteiger partial charge in [0.2, 0.25) is 0 Å². The van der Waals surface area contributed by atoms with E-state index in [4.69, 9.17) is 0 Å². The van der Waals surface area contributed by atoms with Gasteiger partial charge in [-0.05, 0) is 63.7 Å². The molecule has 4 rings (SSSR count). The minimum atomic E-state index is 0.0200. The first kappa shape index (κ1) is 16.7. The second-order valence-corrected chi connectivity index (χ2v) is 6.41. The van der Waals surface area contributed by atoms with E-state index in [1.807, 2.05) is 54.6 Å². The molecular formula is C24H18O3. The lowest BCUT2D eigenvalue weighted by molar-refractivity contribution is 0.451. The van der Waals surface area contributed by atoms with Crippen molar-refractivity contribution in [3.63, 3.8) is 0 Å². The van der Waals surface area contributed by atoms with Crippen molar-refractivity contribution in [1.29, 1.82) is 0 Å². The first-order valence-corrected chi connectivity index (χ1v) is 8.62. The van der Waals surface area contributed by atoms with E-state index in [2.05, 4.69) is 6.07 Å². The van der Waals surface area contributed by atoms with Crippen LogP contribution in [0.15, 0.2) is 91.0 Å². The fourth-order valence-corrected chi connectivity index (χ4v) is 3.24. The summed E-state index contributed by atoms with van der Waals surface area (Å²) in [6.45, 7) is 0. The second kappa shape index (κ2) is 6.89. The summed E-state index contributed by atoms with van der Waals surface area (Å²) in [5.74, 6) is 0.270. The quantitative estimate of drug-likeness (QED) is 0.435. The van der Waals surface area contributed by atoms with Crippen molar-refractivity contribution in [2.24, 2.45) is 0 Å². The molecule has 0 fully saturated rings. The van der Waals surface area contributed by atoms with Gasteiger partial charge in [-0.1, -0.05) is 54.6 Å². The monoisotopic (exact) mass is 354 g/mol. The lowest BCUT2D eigenvalue weighted by Crippen LogP contribution is -1.88. The van der Waals surface area contributed by atoms with Crippen LogP contribution < -0.4 is 0 Å². The van der Waals surface area contributed by atoms with Crippen LogP contribution in [0, 0.1) is 0 Å². The zero-order valence-electron chi connectivity index (χ0n) is 14.5. The van der Waals surface area contributed by atoms with Gasteiger partial charge in [-0.25, -0.2) is 0 Å². The third kappa shape index (κ3) is 3.48. The summed E-state index contributed by atoms with van der Waals surface area (Å²) >= 11 is 0. The summed E-state index contributed by atoms with van der Waals surface area (Å²) < 4.78 is 0. The van der Waals surface area contributed by atoms with Crippen molar-refractivity contribution in [2.45, 2.75) is 0 Å². The van der Waals surface area contributed by atoms with E-state index < -0.39 is 0 Å². The Morgan fingerprint density at radius 3 is 1.67 bits per heavy atom. The molecule has 0 heterocycles. The molecule has 0 radical (unpaired) electrons. The number of phenolic OH excluding ortho intramolecular Hbond substituents is 3. The second-order valence-electron chi connectivity index (χ2n) is 6.41. The Labute approximate surface area is 157 Å². The number of rotatable bonds is 3. The molecule has 3 nitrogen and oxygen atoms in total. The summed E-state index contributed by atoms with van der Waals surface area (Å²) in [6, 6.07) is 27.7. The van der Waals surface area contributed by atoms with Gasteiger partial charge in [-0.3, -0.25) is 0 Å². The molecule has 4 aromatic carbocycles. The Bertz CT molecular complexity index is 1060. The zero-order valence-corrected chi connectivity index (χ0v) is 14.5. The van der Waals surface area contributed by atoms with E-state index in [1.54, 1.807) is 24.3 Å². The summed E-state index contributed by atoms with van der Waals surface area (Å²) in [6.07, 6.45) is 0. The minimum absolute atomic E-state index is 0.0200. The molecule has 0 aliphatic carbocycles. The standard InChI is InChI=1S/C24H18O3/c25-20-9-6-16(7-10-20)18-8-11-23(19-12-21(26)15-22(27)13-19)24(14-18)17-4-2-1-3-5-17/h1-15,25-27H. The molecule has 0 amide bonds. The average Bonchev–Trinajstić information content (AvgIpc) is 2.68. The predicted molar refractivity (Wildman–Crippen MR) is 108 cm³/mol. The van der Waals surface area contributed by atoms with Crippen LogP contribution in [-0.2, 0) is 0 Å². The first-order valence-electron chi connectivity index (χ1n) is 8.62. The van der Waals surface area contributed by atoms with Crippen LogP contribution in [0.5, 0.6) is 17.2 Å². The molecule has 4 aromatic rings. The highest BCUT2D eigenvalue weighted by Gasteiger charge is 2.11. The number of hydrogen-bond donors (Lipinski definition) is 3. The molecule has 3 heteroatoms. The molecule has 0 spiro atoms. The van der Waals surface area contributed by atoms with Crippen LogP contribution >= 0.6 is 0 Å². The Balaban J connectivity index is 1.92. The topological polar surface area (TPSA) is 60.7 Å². The Kier molecular flexibility index (Phi) is 4.27. The maximum atomic E-state index is 9.89. The van der Waals surface area contributed by atoms with Crippen LogP contribution in [0.2, 0.25) is 0 Å². The Morgan fingerprint density at radius 1 is 0.370 bits per heavy atom. The number of hydrogen-bond acceptors (Lipinski definition) is 3. The highest BCUT2D eigenvalue weighted by molar-refractivity contribution is 5.87. The van der Waals surface area contributed by atoms with Crippen LogP contribution in [0.3, 0.4) is 0 Å². The lowest BCUT2D eigenvalue weighted by Gasteiger charge is -2.14. The Hall–Kier alpha value is -3.72. The fraction of sp³-hybridized carbons (Fsp3) is 0. The lowest BCUT2D eigenvalue weighted by atomic mass is 9.91. The fourth-order valence-electron chi connectivity index (χ4n) is 3.24. The van der Waals surface area contributed by atoms with E-state index in [0.29, 0.717) is 0 Å². The summed E-state index contributed by atoms with van der Waals surface area (Å²) in [7, 11) is 0. The molecule has 0 aromatic heterocycles. The SMILES string of the molecule is Oc1ccc(-c2ccc(-c3cc(O)cc(O)c3)c(-c3ccccc3)c2)cc1. The highest BCUT2D eigenvalue weighted by atomic mass is 16.3. The molecule has 0 saturated heterocycles. The van der Waals surface area contributed by atoms with Gasteiger partial charge in [0, 0.05) is 6.07 Å². The molecule has 0 saturated carbocycles. The van der Waals surface area contributed by atoms with Crippen molar-refractivity contribution in [3.05, 3.63) is 91.0 Å². The van der Waals surface area contributed by atoms with Crippen LogP contribution in [0.4, 0.5) is 0 Å². The maximum absolute atomic E-state index is 9.89. The molecular weight excluding hydrogens is 336 g/mol. The molecule has 0 aliphatic rings. The van der Waals surface area contributed by atoms with Crippen molar-refractivity contribution in [2.75, 3.05) is 0 Å². The van der Waals surface area contributed by atoms with Gasteiger partial charge >= 0.3 is 0 Å². The maximum Gasteiger partial charge on any atom is 0.119 e. The Morgan fingerprint density at radius 2 is 1.00 bits per heavy atom. The normalized spacial score (nSPS) is 10.7. The summed E-state index contributed by atoms with van der Waals surface area (Å²) in [5, 5.41) is 29.3. The van der Waals surface area contributed by atoms with Gasteiger partial charge < -0.3 is 15.3 Å². The van der Waals surface area contributed by atoms with Crippen molar-refractivity contribution in [1.82, 2.24) is 0 Å².